The lowest BCUT2D eigenvalue weighted by Crippen LogP contribution is -2.61. The van der Waals surface area contributed by atoms with Crippen molar-refractivity contribution < 1.29 is 28.5 Å². The lowest BCUT2D eigenvalue weighted by atomic mass is 10.4. The first-order valence-electron chi connectivity index (χ1n) is 2.61. The Bertz CT molecular complexity index is 69.5. The van der Waals surface area contributed by atoms with Gasteiger partial charge >= 0.3 is 0 Å². The highest BCUT2D eigenvalue weighted by molar-refractivity contribution is 4.24. The van der Waals surface area contributed by atoms with E-state index in [1.165, 1.54) is 0 Å². The number of unbranched alkanes of at least 4 members (excludes halogenated alkanes) is 1. The van der Waals surface area contributed by atoms with Crippen molar-refractivity contribution in [3.8, 4) is 0 Å². The third-order valence-corrected chi connectivity index (χ3v) is 1.13. The van der Waals surface area contributed by atoms with Crippen LogP contribution >= 0.6 is 0 Å². The maximum absolute atomic E-state index is 9.70. The molecule has 0 unspecified atom stereocenters. The van der Waals surface area contributed by atoms with Crippen LogP contribution in [0.4, 0.5) is 0 Å². The van der Waals surface area contributed by atoms with E-state index in [-0.39, 0.29) is 6.61 Å². The SMILES string of the molecule is CCCCO[Cl+3]([O-])([O-])[O-]. The summed E-state index contributed by atoms with van der Waals surface area (Å²) in [5, 5.41) is 0. The summed E-state index contributed by atoms with van der Waals surface area (Å²) in [5.74, 6) is 0. The highest BCUT2D eigenvalue weighted by Crippen LogP contribution is 1.92. The summed E-state index contributed by atoms with van der Waals surface area (Å²) >= 11 is 0. The Hall–Kier alpha value is 0.130. The second-order valence-electron chi connectivity index (χ2n) is 1.54. The fraction of sp³-hybridized carbons (Fsp3) is 1.00. The van der Waals surface area contributed by atoms with E-state index < -0.39 is 10.2 Å². The van der Waals surface area contributed by atoms with Crippen LogP contribution in [-0.4, -0.2) is 6.61 Å². The topological polar surface area (TPSA) is 78.4 Å². The molecular weight excluding hydrogens is 147 g/mol. The molecule has 0 aromatic carbocycles. The van der Waals surface area contributed by atoms with Crippen LogP contribution in [0.5, 0.6) is 0 Å². The molecule has 0 aromatic heterocycles. The van der Waals surface area contributed by atoms with Gasteiger partial charge in [-0.15, -0.1) is 0 Å². The molecule has 0 fully saturated rings. The lowest BCUT2D eigenvalue weighted by molar-refractivity contribution is -1.92. The van der Waals surface area contributed by atoms with Gasteiger partial charge in [0.1, 0.15) is 0 Å². The van der Waals surface area contributed by atoms with E-state index in [0.717, 1.165) is 6.42 Å². The van der Waals surface area contributed by atoms with Crippen LogP contribution in [0.25, 0.3) is 0 Å². The third kappa shape index (κ3) is 8.13. The zero-order valence-corrected chi connectivity index (χ0v) is 5.89. The standard InChI is InChI=1S/C4H9ClO4/c1-2-3-4-9-5(6,7)8/h2-4H2,1H3. The Labute approximate surface area is 55.8 Å². The highest BCUT2D eigenvalue weighted by atomic mass is 35.7. The van der Waals surface area contributed by atoms with Crippen molar-refractivity contribution >= 4 is 0 Å². The molecule has 0 bridgehead atoms. The van der Waals surface area contributed by atoms with E-state index in [1.807, 2.05) is 6.92 Å². The summed E-state index contributed by atoms with van der Waals surface area (Å²) in [6, 6.07) is 0. The van der Waals surface area contributed by atoms with E-state index in [0.29, 0.717) is 6.42 Å². The first kappa shape index (κ1) is 9.13. The van der Waals surface area contributed by atoms with Gasteiger partial charge in [0.15, 0.2) is 0 Å². The predicted molar refractivity (Wildman–Crippen MR) is 20.9 cm³/mol. The quantitative estimate of drug-likeness (QED) is 0.429. The van der Waals surface area contributed by atoms with Crippen molar-refractivity contribution in [2.45, 2.75) is 19.8 Å². The van der Waals surface area contributed by atoms with Crippen molar-refractivity contribution in [3.05, 3.63) is 0 Å². The molecule has 0 saturated carbocycles. The first-order valence-corrected chi connectivity index (χ1v) is 3.85. The minimum Gasteiger partial charge on any atom is -0.183 e. The molecule has 0 radical (unpaired) electrons. The second-order valence-corrected chi connectivity index (χ2v) is 2.52. The van der Waals surface area contributed by atoms with Gasteiger partial charge in [-0.3, -0.25) is 0 Å². The Morgan fingerprint density at radius 3 is 2.22 bits per heavy atom. The molecule has 9 heavy (non-hydrogen) atoms. The summed E-state index contributed by atoms with van der Waals surface area (Å²) in [4.78, 5) is 0. The van der Waals surface area contributed by atoms with E-state index in [9.17, 15) is 14.0 Å². The van der Waals surface area contributed by atoms with Gasteiger partial charge in [0.25, 0.3) is 0 Å². The zero-order chi connectivity index (χ0) is 7.33. The molecule has 0 N–H and O–H groups in total. The van der Waals surface area contributed by atoms with Gasteiger partial charge in [-0.05, 0) is 6.42 Å². The summed E-state index contributed by atoms with van der Waals surface area (Å²) in [6.45, 7) is 1.86. The van der Waals surface area contributed by atoms with Gasteiger partial charge in [0, 0.05) is 0 Å². The summed E-state index contributed by atoms with van der Waals surface area (Å²) in [5.41, 5.74) is 0. The maximum atomic E-state index is 9.70. The van der Waals surface area contributed by atoms with Gasteiger partial charge in [0.2, 0.25) is 6.61 Å². The summed E-state index contributed by atoms with van der Waals surface area (Å²) < 4.78 is 33.0. The Morgan fingerprint density at radius 1 is 1.33 bits per heavy atom. The fourth-order valence-electron chi connectivity index (χ4n) is 0.293. The summed E-state index contributed by atoms with van der Waals surface area (Å²) in [6.07, 6.45) is 1.40. The predicted octanol–water partition coefficient (Wildman–Crippen LogP) is -2.30. The second kappa shape index (κ2) is 4.03. The van der Waals surface area contributed by atoms with E-state index in [1.54, 1.807) is 0 Å². The van der Waals surface area contributed by atoms with Crippen molar-refractivity contribution in [1.82, 2.24) is 0 Å². The molecule has 0 aliphatic heterocycles. The van der Waals surface area contributed by atoms with E-state index in [2.05, 4.69) is 4.29 Å². The number of hydrogen-bond acceptors (Lipinski definition) is 4. The van der Waals surface area contributed by atoms with Crippen molar-refractivity contribution in [1.29, 1.82) is 0 Å². The van der Waals surface area contributed by atoms with Crippen molar-refractivity contribution in [2.24, 2.45) is 0 Å². The molecule has 0 saturated heterocycles. The normalized spacial score (nSPS) is 12.0. The molecule has 0 aliphatic rings. The molecule has 0 atom stereocenters. The first-order chi connectivity index (χ1) is 4.06. The molecule has 0 aromatic rings. The van der Waals surface area contributed by atoms with Crippen LogP contribution in [0, 0.1) is 10.2 Å². The minimum absolute atomic E-state index is 0.0100. The Kier molecular flexibility index (Phi) is 4.09. The van der Waals surface area contributed by atoms with Crippen LogP contribution in [0.15, 0.2) is 0 Å². The molecule has 0 heterocycles. The van der Waals surface area contributed by atoms with Gasteiger partial charge in [0.05, 0.1) is 14.5 Å². The zero-order valence-electron chi connectivity index (χ0n) is 5.13. The minimum atomic E-state index is -4.20. The average Bonchev–Trinajstić information content (AvgIpc) is 1.63. The van der Waals surface area contributed by atoms with Crippen LogP contribution in [0.3, 0.4) is 0 Å². The summed E-state index contributed by atoms with van der Waals surface area (Å²) in [7, 11) is -4.20. The largest absolute Gasteiger partial charge is 0.203 e. The van der Waals surface area contributed by atoms with Gasteiger partial charge in [-0.1, -0.05) is 13.3 Å². The maximum Gasteiger partial charge on any atom is 0.203 e. The smallest absolute Gasteiger partial charge is 0.183 e. The van der Waals surface area contributed by atoms with Crippen LogP contribution in [0.2, 0.25) is 0 Å². The molecule has 0 aliphatic carbocycles. The van der Waals surface area contributed by atoms with Gasteiger partial charge in [-0.25, -0.2) is 0 Å². The van der Waals surface area contributed by atoms with Crippen LogP contribution in [-0.2, 0) is 4.29 Å². The molecule has 56 valence electrons. The number of hydrogen-bond donors (Lipinski definition) is 0. The number of halogens is 1. The molecule has 0 amide bonds. The van der Waals surface area contributed by atoms with Gasteiger partial charge < -0.3 is 0 Å². The van der Waals surface area contributed by atoms with Crippen LogP contribution < -0.4 is 14.0 Å². The van der Waals surface area contributed by atoms with Crippen molar-refractivity contribution in [2.75, 3.05) is 6.61 Å². The monoisotopic (exact) mass is 156 g/mol. The Morgan fingerprint density at radius 2 is 1.89 bits per heavy atom. The van der Waals surface area contributed by atoms with E-state index in [4.69, 9.17) is 0 Å². The molecule has 5 heteroatoms. The number of rotatable bonds is 4. The Balaban J connectivity index is 3.07. The fourth-order valence-corrected chi connectivity index (χ4v) is 0.591. The van der Waals surface area contributed by atoms with E-state index >= 15 is 0 Å². The lowest BCUT2D eigenvalue weighted by Gasteiger charge is -2.11. The molecule has 4 nitrogen and oxygen atoms in total. The molecular formula is C4H9ClO4. The van der Waals surface area contributed by atoms with Gasteiger partial charge in [-0.2, -0.15) is 14.0 Å². The highest BCUT2D eigenvalue weighted by Gasteiger charge is 2.14. The third-order valence-electron chi connectivity index (χ3n) is 0.709. The molecule has 0 spiro atoms. The average molecular weight is 157 g/mol. The molecule has 0 rings (SSSR count). The van der Waals surface area contributed by atoms with Crippen molar-refractivity contribution in [3.63, 3.8) is 0 Å². The van der Waals surface area contributed by atoms with Crippen LogP contribution in [0.1, 0.15) is 19.8 Å².